The second-order valence-electron chi connectivity index (χ2n) is 11.2. The van der Waals surface area contributed by atoms with Gasteiger partial charge in [0.25, 0.3) is 0 Å². The Hall–Kier alpha value is 0. The Morgan fingerprint density at radius 1 is 0.333 bits per heavy atom. The molecule has 0 aliphatic carbocycles. The van der Waals surface area contributed by atoms with Gasteiger partial charge in [0.05, 0.1) is 0 Å². The van der Waals surface area contributed by atoms with Gasteiger partial charge in [-0.15, -0.1) is 0 Å². The van der Waals surface area contributed by atoms with Crippen LogP contribution in [0.1, 0.15) is 200 Å². The van der Waals surface area contributed by atoms with Crippen LogP contribution < -0.4 is 0 Å². The van der Waals surface area contributed by atoms with Crippen molar-refractivity contribution in [1.29, 1.82) is 0 Å². The van der Waals surface area contributed by atoms with E-state index in [-0.39, 0.29) is 0 Å². The SMILES string of the molecule is [CH2]CCCCC(CCCCC)CCCCCCCCCCCCCCCCCCCCCC. The molecule has 0 rings (SSSR count). The highest BCUT2D eigenvalue weighted by Gasteiger charge is 2.08. The Morgan fingerprint density at radius 3 is 0.909 bits per heavy atom. The third kappa shape index (κ3) is 28.1. The summed E-state index contributed by atoms with van der Waals surface area (Å²) in [4.78, 5) is 0. The molecule has 0 aliphatic heterocycles. The Bertz CT molecular complexity index is 310. The van der Waals surface area contributed by atoms with Gasteiger partial charge < -0.3 is 0 Å². The lowest BCUT2D eigenvalue weighted by molar-refractivity contribution is 0.371. The van der Waals surface area contributed by atoms with E-state index in [0.717, 1.165) is 12.3 Å². The molecule has 0 aromatic heterocycles. The third-order valence-corrected chi connectivity index (χ3v) is 7.79. The summed E-state index contributed by atoms with van der Waals surface area (Å²) in [6.45, 7) is 8.65. The fourth-order valence-corrected chi connectivity index (χ4v) is 5.41. The standard InChI is InChI=1S/C33H67/c1-4-7-10-11-12-13-14-15-16-17-18-19-20-21-22-23-24-25-26-29-32-33(30-27-8-5-2)31-28-9-6-3/h33H,2,4-32H2,1,3H3. The zero-order valence-corrected chi connectivity index (χ0v) is 23.8. The number of hydrogen-bond acceptors (Lipinski definition) is 0. The molecule has 199 valence electrons. The summed E-state index contributed by atoms with van der Waals surface area (Å²) in [5, 5.41) is 0. The lowest BCUT2D eigenvalue weighted by Crippen LogP contribution is -2.01. The molecule has 1 atom stereocenters. The molecule has 0 saturated carbocycles. The van der Waals surface area contributed by atoms with Crippen LogP contribution >= 0.6 is 0 Å². The fraction of sp³-hybridized carbons (Fsp3) is 0.970. The van der Waals surface area contributed by atoms with E-state index in [1.165, 1.54) is 180 Å². The second-order valence-corrected chi connectivity index (χ2v) is 11.2. The van der Waals surface area contributed by atoms with Crippen LogP contribution in [0.3, 0.4) is 0 Å². The lowest BCUT2D eigenvalue weighted by Gasteiger charge is -2.16. The predicted molar refractivity (Wildman–Crippen MR) is 154 cm³/mol. The molecule has 1 radical (unpaired) electrons. The van der Waals surface area contributed by atoms with E-state index < -0.39 is 0 Å². The molecule has 0 N–H and O–H groups in total. The summed E-state index contributed by atoms with van der Waals surface area (Å²) in [5.74, 6) is 1.01. The molecule has 0 bridgehead atoms. The van der Waals surface area contributed by atoms with Gasteiger partial charge >= 0.3 is 0 Å². The summed E-state index contributed by atoms with van der Waals surface area (Å²) in [5.41, 5.74) is 0. The van der Waals surface area contributed by atoms with Gasteiger partial charge in [-0.2, -0.15) is 0 Å². The normalized spacial score (nSPS) is 11.6. The van der Waals surface area contributed by atoms with E-state index in [0.29, 0.717) is 0 Å². The van der Waals surface area contributed by atoms with Crippen LogP contribution in [0.25, 0.3) is 0 Å². The van der Waals surface area contributed by atoms with Gasteiger partial charge in [-0.05, 0) is 5.92 Å². The first-order valence-electron chi connectivity index (χ1n) is 16.1. The van der Waals surface area contributed by atoms with Crippen molar-refractivity contribution in [2.45, 2.75) is 200 Å². The van der Waals surface area contributed by atoms with Crippen molar-refractivity contribution < 1.29 is 0 Å². The topological polar surface area (TPSA) is 0 Å². The van der Waals surface area contributed by atoms with Crippen LogP contribution in [0.4, 0.5) is 0 Å². The molecule has 1 unspecified atom stereocenters. The van der Waals surface area contributed by atoms with E-state index in [2.05, 4.69) is 20.8 Å². The molecule has 0 nitrogen and oxygen atoms in total. The first kappa shape index (κ1) is 33.0. The predicted octanol–water partition coefficient (Wildman–Crippen LogP) is 12.8. The fourth-order valence-electron chi connectivity index (χ4n) is 5.41. The van der Waals surface area contributed by atoms with Gasteiger partial charge in [0, 0.05) is 0 Å². The Labute approximate surface area is 212 Å². The zero-order valence-electron chi connectivity index (χ0n) is 23.8. The van der Waals surface area contributed by atoms with Gasteiger partial charge in [-0.1, -0.05) is 207 Å². The molecule has 0 heterocycles. The van der Waals surface area contributed by atoms with Crippen LogP contribution in [0.5, 0.6) is 0 Å². The summed E-state index contributed by atoms with van der Waals surface area (Å²) in [6.07, 6.45) is 42.2. The average molecular weight is 464 g/mol. The van der Waals surface area contributed by atoms with Gasteiger partial charge in [-0.3, -0.25) is 0 Å². The van der Waals surface area contributed by atoms with Crippen LogP contribution in [0, 0.1) is 12.8 Å². The minimum atomic E-state index is 1.01. The quantitative estimate of drug-likeness (QED) is 0.0967. The molecule has 0 heteroatoms. The van der Waals surface area contributed by atoms with Crippen molar-refractivity contribution in [3.05, 3.63) is 6.92 Å². The van der Waals surface area contributed by atoms with Crippen LogP contribution in [0.2, 0.25) is 0 Å². The Kier molecular flexibility index (Phi) is 30.0. The Morgan fingerprint density at radius 2 is 0.576 bits per heavy atom. The molecule has 33 heavy (non-hydrogen) atoms. The molecule has 0 spiro atoms. The molecule has 0 saturated heterocycles. The highest BCUT2D eigenvalue weighted by molar-refractivity contribution is 4.62. The smallest absolute Gasteiger partial charge is 0.0414 e. The van der Waals surface area contributed by atoms with Gasteiger partial charge in [-0.25, -0.2) is 0 Å². The minimum Gasteiger partial charge on any atom is -0.0654 e. The van der Waals surface area contributed by atoms with Crippen molar-refractivity contribution in [1.82, 2.24) is 0 Å². The summed E-state index contributed by atoms with van der Waals surface area (Å²) >= 11 is 0. The van der Waals surface area contributed by atoms with E-state index in [1.807, 2.05) is 0 Å². The monoisotopic (exact) mass is 464 g/mol. The molecular weight excluding hydrogens is 396 g/mol. The van der Waals surface area contributed by atoms with Gasteiger partial charge in [0.2, 0.25) is 0 Å². The first-order chi connectivity index (χ1) is 16.3. The van der Waals surface area contributed by atoms with E-state index in [1.54, 1.807) is 0 Å². The third-order valence-electron chi connectivity index (χ3n) is 7.79. The molecule has 0 fully saturated rings. The maximum atomic E-state index is 4.01. The number of hydrogen-bond donors (Lipinski definition) is 0. The van der Waals surface area contributed by atoms with Gasteiger partial charge in [0.15, 0.2) is 0 Å². The van der Waals surface area contributed by atoms with Crippen molar-refractivity contribution in [2.24, 2.45) is 5.92 Å². The maximum Gasteiger partial charge on any atom is -0.0414 e. The number of rotatable bonds is 29. The summed E-state index contributed by atoms with van der Waals surface area (Å²) in [7, 11) is 0. The molecule has 0 aromatic carbocycles. The van der Waals surface area contributed by atoms with Crippen molar-refractivity contribution in [2.75, 3.05) is 0 Å². The highest BCUT2D eigenvalue weighted by atomic mass is 14.1. The Balaban J connectivity index is 3.29. The minimum absolute atomic E-state index is 1.01. The largest absolute Gasteiger partial charge is 0.0654 e. The van der Waals surface area contributed by atoms with E-state index in [9.17, 15) is 0 Å². The van der Waals surface area contributed by atoms with Crippen molar-refractivity contribution in [3.8, 4) is 0 Å². The second kappa shape index (κ2) is 30.0. The van der Waals surface area contributed by atoms with Crippen molar-refractivity contribution >= 4 is 0 Å². The van der Waals surface area contributed by atoms with E-state index in [4.69, 9.17) is 0 Å². The number of unbranched alkanes of at least 4 members (excludes halogenated alkanes) is 23. The lowest BCUT2D eigenvalue weighted by atomic mass is 9.90. The molecule has 0 amide bonds. The van der Waals surface area contributed by atoms with E-state index >= 15 is 0 Å². The van der Waals surface area contributed by atoms with Crippen LogP contribution in [-0.2, 0) is 0 Å². The zero-order chi connectivity index (χ0) is 24.1. The van der Waals surface area contributed by atoms with Crippen LogP contribution in [-0.4, -0.2) is 0 Å². The van der Waals surface area contributed by atoms with Crippen LogP contribution in [0.15, 0.2) is 0 Å². The van der Waals surface area contributed by atoms with Crippen molar-refractivity contribution in [3.63, 3.8) is 0 Å². The summed E-state index contributed by atoms with van der Waals surface area (Å²) in [6, 6.07) is 0. The average Bonchev–Trinajstić information content (AvgIpc) is 2.82. The molecular formula is C33H67. The highest BCUT2D eigenvalue weighted by Crippen LogP contribution is 2.24. The maximum absolute atomic E-state index is 4.01. The van der Waals surface area contributed by atoms with Gasteiger partial charge in [0.1, 0.15) is 0 Å². The summed E-state index contributed by atoms with van der Waals surface area (Å²) < 4.78 is 0. The first-order valence-corrected chi connectivity index (χ1v) is 16.1. The molecule has 0 aromatic rings. The molecule has 0 aliphatic rings.